The summed E-state index contributed by atoms with van der Waals surface area (Å²) in [6.07, 6.45) is 4.56. The summed E-state index contributed by atoms with van der Waals surface area (Å²) in [6.45, 7) is 3.24. The number of rotatable bonds is 1. The van der Waals surface area contributed by atoms with Gasteiger partial charge in [0.2, 0.25) is 5.91 Å². The third kappa shape index (κ3) is 2.75. The van der Waals surface area contributed by atoms with Crippen molar-refractivity contribution in [1.29, 1.82) is 0 Å². The monoisotopic (exact) mass is 260 g/mol. The van der Waals surface area contributed by atoms with Crippen LogP contribution in [-0.2, 0) is 9.53 Å². The molecule has 0 aromatic heterocycles. The van der Waals surface area contributed by atoms with Crippen LogP contribution in [-0.4, -0.2) is 49.2 Å². The molecule has 17 heavy (non-hydrogen) atoms. The molecule has 98 valence electrons. The van der Waals surface area contributed by atoms with Crippen LogP contribution in [0.2, 0.25) is 0 Å². The molecule has 3 fully saturated rings. The van der Waals surface area contributed by atoms with Gasteiger partial charge in [-0.15, -0.1) is 12.4 Å². The molecule has 0 spiro atoms. The Hall–Kier alpha value is -0.320. The standard InChI is InChI=1S/C12H20N2O2.ClH/c15-12(9-4-6-16-8-9)14-5-3-10-1-2-11(7-14)13-10;/h9-11,13H,1-8H2;1H. The Morgan fingerprint density at radius 2 is 2.00 bits per heavy atom. The van der Waals surface area contributed by atoms with E-state index >= 15 is 0 Å². The molecule has 0 radical (unpaired) electrons. The van der Waals surface area contributed by atoms with Crippen LogP contribution >= 0.6 is 12.4 Å². The van der Waals surface area contributed by atoms with E-state index in [-0.39, 0.29) is 18.3 Å². The average molecular weight is 261 g/mol. The molecule has 3 atom stereocenters. The Morgan fingerprint density at radius 3 is 2.76 bits per heavy atom. The Kier molecular flexibility index (Phi) is 4.28. The molecule has 2 bridgehead atoms. The highest BCUT2D eigenvalue weighted by Crippen LogP contribution is 2.23. The van der Waals surface area contributed by atoms with Gasteiger partial charge in [-0.05, 0) is 25.7 Å². The molecule has 3 aliphatic rings. The zero-order valence-electron chi connectivity index (χ0n) is 10.1. The van der Waals surface area contributed by atoms with Gasteiger partial charge < -0.3 is 15.0 Å². The largest absolute Gasteiger partial charge is 0.381 e. The average Bonchev–Trinajstić information content (AvgIpc) is 2.87. The Bertz CT molecular complexity index is 282. The van der Waals surface area contributed by atoms with Crippen molar-refractivity contribution in [3.63, 3.8) is 0 Å². The van der Waals surface area contributed by atoms with Gasteiger partial charge in [-0.3, -0.25) is 4.79 Å². The van der Waals surface area contributed by atoms with Gasteiger partial charge >= 0.3 is 0 Å². The summed E-state index contributed by atoms with van der Waals surface area (Å²) in [7, 11) is 0. The van der Waals surface area contributed by atoms with Gasteiger partial charge in [-0.25, -0.2) is 0 Å². The molecule has 3 heterocycles. The minimum absolute atomic E-state index is 0. The highest BCUT2D eigenvalue weighted by Gasteiger charge is 2.34. The number of amides is 1. The zero-order chi connectivity index (χ0) is 11.0. The summed E-state index contributed by atoms with van der Waals surface area (Å²) in [6, 6.07) is 1.20. The van der Waals surface area contributed by atoms with Crippen molar-refractivity contribution in [2.45, 2.75) is 37.8 Å². The topological polar surface area (TPSA) is 41.6 Å². The number of carbonyl (C=O) groups excluding carboxylic acids is 1. The first-order chi connectivity index (χ1) is 7.83. The van der Waals surface area contributed by atoms with Crippen LogP contribution in [0, 0.1) is 5.92 Å². The van der Waals surface area contributed by atoms with Crippen LogP contribution in [0.1, 0.15) is 25.7 Å². The van der Waals surface area contributed by atoms with Crippen LogP contribution in [0.5, 0.6) is 0 Å². The number of likely N-dealkylation sites (tertiary alicyclic amines) is 1. The predicted octanol–water partition coefficient (Wildman–Crippen LogP) is 0.798. The van der Waals surface area contributed by atoms with Crippen molar-refractivity contribution in [1.82, 2.24) is 10.2 Å². The number of hydrogen-bond donors (Lipinski definition) is 1. The van der Waals surface area contributed by atoms with Crippen LogP contribution in [0.25, 0.3) is 0 Å². The molecule has 0 aromatic rings. The van der Waals surface area contributed by atoms with Gasteiger partial charge in [-0.2, -0.15) is 0 Å². The normalized spacial score (nSPS) is 36.5. The Morgan fingerprint density at radius 1 is 1.18 bits per heavy atom. The van der Waals surface area contributed by atoms with Crippen LogP contribution in [0.3, 0.4) is 0 Å². The van der Waals surface area contributed by atoms with Gasteiger partial charge in [-0.1, -0.05) is 0 Å². The summed E-state index contributed by atoms with van der Waals surface area (Å²) >= 11 is 0. The summed E-state index contributed by atoms with van der Waals surface area (Å²) in [5, 5.41) is 3.60. The molecule has 0 aromatic carbocycles. The molecule has 0 saturated carbocycles. The fourth-order valence-electron chi connectivity index (χ4n) is 3.13. The first-order valence-electron chi connectivity index (χ1n) is 6.45. The van der Waals surface area contributed by atoms with E-state index in [1.54, 1.807) is 0 Å². The second-order valence-corrected chi connectivity index (χ2v) is 5.27. The molecule has 0 aliphatic carbocycles. The van der Waals surface area contributed by atoms with Crippen molar-refractivity contribution < 1.29 is 9.53 Å². The third-order valence-corrected chi connectivity index (χ3v) is 4.11. The van der Waals surface area contributed by atoms with E-state index < -0.39 is 0 Å². The van der Waals surface area contributed by atoms with Crippen LogP contribution in [0.4, 0.5) is 0 Å². The lowest BCUT2D eigenvalue weighted by molar-refractivity contribution is -0.135. The fraction of sp³-hybridized carbons (Fsp3) is 0.917. The van der Waals surface area contributed by atoms with E-state index in [1.165, 1.54) is 12.8 Å². The fourth-order valence-corrected chi connectivity index (χ4v) is 3.13. The number of hydrogen-bond acceptors (Lipinski definition) is 3. The van der Waals surface area contributed by atoms with Crippen LogP contribution < -0.4 is 5.32 Å². The van der Waals surface area contributed by atoms with E-state index in [1.807, 2.05) is 0 Å². The molecule has 3 saturated heterocycles. The SMILES string of the molecule is Cl.O=C(C1CCOC1)N1CCC2CCC(C1)N2. The molecule has 3 rings (SSSR count). The Labute approximate surface area is 108 Å². The molecule has 4 nitrogen and oxygen atoms in total. The van der Waals surface area contributed by atoms with Crippen molar-refractivity contribution in [2.24, 2.45) is 5.92 Å². The van der Waals surface area contributed by atoms with E-state index in [0.717, 1.165) is 32.5 Å². The van der Waals surface area contributed by atoms with Gasteiger partial charge in [0.15, 0.2) is 0 Å². The van der Waals surface area contributed by atoms with E-state index in [4.69, 9.17) is 4.74 Å². The zero-order valence-corrected chi connectivity index (χ0v) is 10.9. The number of carbonyl (C=O) groups is 1. The van der Waals surface area contributed by atoms with E-state index in [9.17, 15) is 4.79 Å². The maximum atomic E-state index is 12.2. The van der Waals surface area contributed by atoms with Gasteiger partial charge in [0.25, 0.3) is 0 Å². The summed E-state index contributed by atoms with van der Waals surface area (Å²) in [5.74, 6) is 0.462. The Balaban J connectivity index is 0.00000108. The number of nitrogens with one attached hydrogen (secondary N) is 1. The summed E-state index contributed by atoms with van der Waals surface area (Å²) in [5.41, 5.74) is 0. The highest BCUT2D eigenvalue weighted by atomic mass is 35.5. The minimum Gasteiger partial charge on any atom is -0.381 e. The second kappa shape index (κ2) is 5.55. The number of halogens is 1. The summed E-state index contributed by atoms with van der Waals surface area (Å²) in [4.78, 5) is 14.3. The number of ether oxygens (including phenoxy) is 1. The van der Waals surface area contributed by atoms with Gasteiger partial charge in [0, 0.05) is 31.8 Å². The number of fused-ring (bicyclic) bond motifs is 2. The van der Waals surface area contributed by atoms with Crippen molar-refractivity contribution in [3.8, 4) is 0 Å². The lowest BCUT2D eigenvalue weighted by Gasteiger charge is -2.26. The maximum Gasteiger partial charge on any atom is 0.228 e. The van der Waals surface area contributed by atoms with Crippen molar-refractivity contribution >= 4 is 18.3 Å². The molecule has 3 aliphatic heterocycles. The first-order valence-corrected chi connectivity index (χ1v) is 6.45. The highest BCUT2D eigenvalue weighted by molar-refractivity contribution is 5.85. The van der Waals surface area contributed by atoms with Crippen molar-refractivity contribution in [2.75, 3.05) is 26.3 Å². The van der Waals surface area contributed by atoms with E-state index in [2.05, 4.69) is 10.2 Å². The quantitative estimate of drug-likeness (QED) is 0.758. The third-order valence-electron chi connectivity index (χ3n) is 4.11. The molecular formula is C12H21ClN2O2. The maximum absolute atomic E-state index is 12.2. The van der Waals surface area contributed by atoms with Gasteiger partial charge in [0.05, 0.1) is 12.5 Å². The van der Waals surface area contributed by atoms with Crippen LogP contribution in [0.15, 0.2) is 0 Å². The molecule has 5 heteroatoms. The van der Waals surface area contributed by atoms with Gasteiger partial charge in [0.1, 0.15) is 0 Å². The first kappa shape index (κ1) is 13.1. The molecule has 1 amide bonds. The molecular weight excluding hydrogens is 240 g/mol. The predicted molar refractivity (Wildman–Crippen MR) is 67.3 cm³/mol. The molecule has 1 N–H and O–H groups in total. The molecule has 3 unspecified atom stereocenters. The summed E-state index contributed by atoms with van der Waals surface area (Å²) < 4.78 is 5.30. The second-order valence-electron chi connectivity index (χ2n) is 5.27. The minimum atomic E-state index is 0. The van der Waals surface area contributed by atoms with E-state index in [0.29, 0.717) is 24.6 Å². The lowest BCUT2D eigenvalue weighted by Crippen LogP contribution is -2.42. The smallest absolute Gasteiger partial charge is 0.228 e. The van der Waals surface area contributed by atoms with Crippen molar-refractivity contribution in [3.05, 3.63) is 0 Å². The number of nitrogens with zero attached hydrogens (tertiary/aromatic N) is 1. The lowest BCUT2D eigenvalue weighted by atomic mass is 10.0.